The Balaban J connectivity index is 1.87. The second kappa shape index (κ2) is 6.33. The normalized spacial score (nSPS) is 12.6. The third-order valence-electron chi connectivity index (χ3n) is 2.71. The van der Waals surface area contributed by atoms with E-state index >= 15 is 0 Å². The Morgan fingerprint density at radius 2 is 2.06 bits per heavy atom. The molecular formula is C14H19N3O. The Bertz CT molecular complexity index is 465. The van der Waals surface area contributed by atoms with Crippen molar-refractivity contribution in [3.63, 3.8) is 0 Å². The molecule has 0 bridgehead atoms. The minimum Gasteiger partial charge on any atom is -0.393 e. The summed E-state index contributed by atoms with van der Waals surface area (Å²) >= 11 is 0. The third-order valence-corrected chi connectivity index (χ3v) is 2.71. The molecule has 0 aliphatic carbocycles. The maximum absolute atomic E-state index is 9.14. The molecule has 2 N–H and O–H groups in total. The first-order valence-electron chi connectivity index (χ1n) is 6.24. The van der Waals surface area contributed by atoms with Crippen LogP contribution < -0.4 is 5.32 Å². The van der Waals surface area contributed by atoms with Crippen LogP contribution in [0.4, 0.5) is 0 Å². The monoisotopic (exact) mass is 245 g/mol. The lowest BCUT2D eigenvalue weighted by Crippen LogP contribution is -2.19. The Morgan fingerprint density at radius 1 is 1.28 bits per heavy atom. The number of benzene rings is 1. The molecule has 96 valence electrons. The molecule has 1 unspecified atom stereocenters. The lowest BCUT2D eigenvalue weighted by atomic mass is 10.3. The highest BCUT2D eigenvalue weighted by atomic mass is 16.3. The van der Waals surface area contributed by atoms with Crippen LogP contribution in [0.3, 0.4) is 0 Å². The van der Waals surface area contributed by atoms with Gasteiger partial charge in [-0.15, -0.1) is 0 Å². The van der Waals surface area contributed by atoms with E-state index < -0.39 is 0 Å². The topological polar surface area (TPSA) is 50.1 Å². The van der Waals surface area contributed by atoms with Crippen LogP contribution in [-0.2, 0) is 6.54 Å². The molecule has 0 amide bonds. The fourth-order valence-electron chi connectivity index (χ4n) is 1.71. The molecule has 0 aliphatic rings. The van der Waals surface area contributed by atoms with E-state index in [-0.39, 0.29) is 6.10 Å². The summed E-state index contributed by atoms with van der Waals surface area (Å²) < 4.78 is 1.87. The van der Waals surface area contributed by atoms with Gasteiger partial charge in [-0.25, -0.2) is 4.68 Å². The molecule has 2 aromatic rings. The van der Waals surface area contributed by atoms with Gasteiger partial charge in [0.1, 0.15) is 0 Å². The smallest absolute Gasteiger partial charge is 0.0766 e. The first-order chi connectivity index (χ1) is 8.75. The molecule has 1 heterocycles. The second-order valence-corrected chi connectivity index (χ2v) is 4.40. The molecule has 0 aliphatic heterocycles. The van der Waals surface area contributed by atoms with E-state index in [0.717, 1.165) is 30.9 Å². The summed E-state index contributed by atoms with van der Waals surface area (Å²) in [5, 5.41) is 16.9. The number of aliphatic hydroxyl groups excluding tert-OH is 1. The van der Waals surface area contributed by atoms with Crippen molar-refractivity contribution in [2.45, 2.75) is 26.0 Å². The molecule has 18 heavy (non-hydrogen) atoms. The maximum Gasteiger partial charge on any atom is 0.0766 e. The number of rotatable bonds is 6. The quantitative estimate of drug-likeness (QED) is 0.762. The summed E-state index contributed by atoms with van der Waals surface area (Å²) in [4.78, 5) is 0. The van der Waals surface area contributed by atoms with Gasteiger partial charge in [0.2, 0.25) is 0 Å². The van der Waals surface area contributed by atoms with Crippen LogP contribution in [0, 0.1) is 0 Å². The largest absolute Gasteiger partial charge is 0.393 e. The molecule has 0 saturated carbocycles. The van der Waals surface area contributed by atoms with Crippen LogP contribution in [0.1, 0.15) is 19.0 Å². The van der Waals surface area contributed by atoms with E-state index in [0.29, 0.717) is 0 Å². The Kier molecular flexibility index (Phi) is 4.50. The van der Waals surface area contributed by atoms with Gasteiger partial charge < -0.3 is 10.4 Å². The third kappa shape index (κ3) is 3.68. The Labute approximate surface area is 107 Å². The van der Waals surface area contributed by atoms with Crippen LogP contribution in [-0.4, -0.2) is 27.5 Å². The van der Waals surface area contributed by atoms with Gasteiger partial charge in [0, 0.05) is 12.7 Å². The van der Waals surface area contributed by atoms with E-state index in [1.54, 1.807) is 6.92 Å². The summed E-state index contributed by atoms with van der Waals surface area (Å²) in [6.45, 7) is 3.33. The van der Waals surface area contributed by atoms with Crippen LogP contribution in [0.15, 0.2) is 42.6 Å². The fraction of sp³-hybridized carbons (Fsp3) is 0.357. The van der Waals surface area contributed by atoms with Gasteiger partial charge >= 0.3 is 0 Å². The molecule has 2 rings (SSSR count). The number of hydrogen-bond donors (Lipinski definition) is 2. The van der Waals surface area contributed by atoms with E-state index in [1.165, 1.54) is 0 Å². The number of para-hydroxylation sites is 1. The second-order valence-electron chi connectivity index (χ2n) is 4.40. The van der Waals surface area contributed by atoms with Gasteiger partial charge in [0.05, 0.1) is 17.5 Å². The molecule has 1 atom stereocenters. The maximum atomic E-state index is 9.14. The molecule has 0 radical (unpaired) electrons. The van der Waals surface area contributed by atoms with Crippen molar-refractivity contribution in [3.05, 3.63) is 48.3 Å². The van der Waals surface area contributed by atoms with Gasteiger partial charge in [-0.3, -0.25) is 0 Å². The van der Waals surface area contributed by atoms with Crippen molar-refractivity contribution in [1.82, 2.24) is 15.1 Å². The lowest BCUT2D eigenvalue weighted by Gasteiger charge is -2.04. The van der Waals surface area contributed by atoms with Gasteiger partial charge in [-0.2, -0.15) is 5.10 Å². The highest BCUT2D eigenvalue weighted by Crippen LogP contribution is 2.06. The zero-order valence-electron chi connectivity index (χ0n) is 10.6. The fourth-order valence-corrected chi connectivity index (χ4v) is 1.71. The highest BCUT2D eigenvalue weighted by molar-refractivity contribution is 5.30. The molecular weight excluding hydrogens is 226 g/mol. The first-order valence-corrected chi connectivity index (χ1v) is 6.24. The predicted octanol–water partition coefficient (Wildman–Crippen LogP) is 1.73. The minimum atomic E-state index is -0.251. The number of nitrogens with one attached hydrogen (secondary N) is 1. The summed E-state index contributed by atoms with van der Waals surface area (Å²) in [6, 6.07) is 12.0. The van der Waals surface area contributed by atoms with E-state index in [9.17, 15) is 0 Å². The van der Waals surface area contributed by atoms with Gasteiger partial charge in [0.25, 0.3) is 0 Å². The predicted molar refractivity (Wildman–Crippen MR) is 71.6 cm³/mol. The molecule has 1 aromatic heterocycles. The minimum absolute atomic E-state index is 0.251. The first kappa shape index (κ1) is 12.8. The van der Waals surface area contributed by atoms with Gasteiger partial charge in [0.15, 0.2) is 0 Å². The Morgan fingerprint density at radius 3 is 2.78 bits per heavy atom. The molecule has 0 spiro atoms. The van der Waals surface area contributed by atoms with E-state index in [1.807, 2.05) is 47.3 Å². The zero-order chi connectivity index (χ0) is 12.8. The Hall–Kier alpha value is -1.65. The molecule has 4 nitrogen and oxygen atoms in total. The van der Waals surface area contributed by atoms with E-state index in [2.05, 4.69) is 10.4 Å². The van der Waals surface area contributed by atoms with Crippen LogP contribution in [0.25, 0.3) is 5.69 Å². The standard InChI is InChI=1S/C14H19N3O/c1-12(18)7-9-15-11-13-8-10-17(16-13)14-5-3-2-4-6-14/h2-6,8,10,12,15,18H,7,9,11H2,1H3. The number of nitrogens with zero attached hydrogens (tertiary/aromatic N) is 2. The van der Waals surface area contributed by atoms with Crippen molar-refractivity contribution in [1.29, 1.82) is 0 Å². The summed E-state index contributed by atoms with van der Waals surface area (Å²) in [6.07, 6.45) is 2.47. The zero-order valence-corrected chi connectivity index (χ0v) is 10.6. The average molecular weight is 245 g/mol. The van der Waals surface area contributed by atoms with E-state index in [4.69, 9.17) is 5.11 Å². The van der Waals surface area contributed by atoms with Crippen LogP contribution in [0.5, 0.6) is 0 Å². The number of hydrogen-bond acceptors (Lipinski definition) is 3. The van der Waals surface area contributed by atoms with Crippen molar-refractivity contribution in [2.75, 3.05) is 6.54 Å². The molecule has 0 fully saturated rings. The molecule has 4 heteroatoms. The summed E-state index contributed by atoms with van der Waals surface area (Å²) in [7, 11) is 0. The van der Waals surface area contributed by atoms with Crippen LogP contribution >= 0.6 is 0 Å². The van der Waals surface area contributed by atoms with Gasteiger partial charge in [-0.1, -0.05) is 18.2 Å². The summed E-state index contributed by atoms with van der Waals surface area (Å²) in [5.74, 6) is 0. The molecule has 0 saturated heterocycles. The lowest BCUT2D eigenvalue weighted by molar-refractivity contribution is 0.183. The SMILES string of the molecule is CC(O)CCNCc1ccn(-c2ccccc2)n1. The van der Waals surface area contributed by atoms with Crippen molar-refractivity contribution in [3.8, 4) is 5.69 Å². The van der Waals surface area contributed by atoms with Crippen LogP contribution in [0.2, 0.25) is 0 Å². The number of aliphatic hydroxyl groups is 1. The number of aromatic nitrogens is 2. The highest BCUT2D eigenvalue weighted by Gasteiger charge is 2.01. The van der Waals surface area contributed by atoms with Crippen molar-refractivity contribution >= 4 is 0 Å². The van der Waals surface area contributed by atoms with Gasteiger partial charge in [-0.05, 0) is 38.1 Å². The van der Waals surface area contributed by atoms with Crippen molar-refractivity contribution < 1.29 is 5.11 Å². The summed E-state index contributed by atoms with van der Waals surface area (Å²) in [5.41, 5.74) is 2.07. The van der Waals surface area contributed by atoms with Crippen molar-refractivity contribution in [2.24, 2.45) is 0 Å². The molecule has 1 aromatic carbocycles. The average Bonchev–Trinajstić information content (AvgIpc) is 2.84.